The van der Waals surface area contributed by atoms with Crippen molar-refractivity contribution in [2.24, 2.45) is 5.92 Å². The van der Waals surface area contributed by atoms with E-state index >= 15 is 0 Å². The van der Waals surface area contributed by atoms with Crippen LogP contribution in [0.15, 0.2) is 24.8 Å². The van der Waals surface area contributed by atoms with E-state index in [1.165, 1.54) is 134 Å². The van der Waals surface area contributed by atoms with Crippen molar-refractivity contribution in [3.63, 3.8) is 0 Å². The molecule has 0 bridgehead atoms. The van der Waals surface area contributed by atoms with Crippen molar-refractivity contribution in [2.75, 3.05) is 6.61 Å². The summed E-state index contributed by atoms with van der Waals surface area (Å²) in [6, 6.07) is 0. The fourth-order valence-electron chi connectivity index (χ4n) is 5.36. The maximum Gasteiger partial charge on any atom is 0.309 e. The molecule has 0 saturated heterocycles. The highest BCUT2D eigenvalue weighted by molar-refractivity contribution is 5.79. The molecule has 0 aromatic carbocycles. The largest absolute Gasteiger partial charge is 0.481 e. The van der Waals surface area contributed by atoms with E-state index in [-0.39, 0.29) is 13.0 Å². The Bertz CT molecular complexity index is 598. The lowest BCUT2D eigenvalue weighted by Crippen LogP contribution is -2.21. The zero-order valence-corrected chi connectivity index (χ0v) is 26.5. The summed E-state index contributed by atoms with van der Waals surface area (Å²) in [6.45, 7) is 5.95. The predicted octanol–water partition coefficient (Wildman–Crippen LogP) is 11.5. The molecule has 0 aliphatic rings. The molecule has 234 valence electrons. The Hall–Kier alpha value is -1.58. The van der Waals surface area contributed by atoms with Gasteiger partial charge in [0, 0.05) is 0 Å². The van der Waals surface area contributed by atoms with Crippen molar-refractivity contribution in [3.05, 3.63) is 24.8 Å². The summed E-state index contributed by atoms with van der Waals surface area (Å²) in [4.78, 5) is 23.0. The van der Waals surface area contributed by atoms with Crippen LogP contribution in [0.25, 0.3) is 0 Å². The van der Waals surface area contributed by atoms with Gasteiger partial charge in [0.05, 0.1) is 12.3 Å². The first-order chi connectivity index (χ1) is 19.6. The van der Waals surface area contributed by atoms with Gasteiger partial charge in [0.2, 0.25) is 0 Å². The van der Waals surface area contributed by atoms with Gasteiger partial charge in [-0.25, -0.2) is 0 Å². The highest BCUT2D eigenvalue weighted by atomic mass is 16.5. The number of unbranched alkanes of at least 4 members (excludes halogenated alkanes) is 23. The zero-order chi connectivity index (χ0) is 29.4. The first-order valence-corrected chi connectivity index (χ1v) is 17.3. The predicted molar refractivity (Wildman–Crippen MR) is 172 cm³/mol. The van der Waals surface area contributed by atoms with Gasteiger partial charge in [0.15, 0.2) is 0 Å². The lowest BCUT2D eigenvalue weighted by atomic mass is 9.97. The first kappa shape index (κ1) is 38.4. The molecule has 0 aromatic heterocycles. The zero-order valence-electron chi connectivity index (χ0n) is 26.5. The number of hydrogen-bond donors (Lipinski definition) is 1. The molecule has 0 saturated carbocycles. The van der Waals surface area contributed by atoms with Crippen LogP contribution in [-0.4, -0.2) is 23.7 Å². The van der Waals surface area contributed by atoms with Gasteiger partial charge in [-0.3, -0.25) is 9.59 Å². The number of allylic oxidation sites excluding steroid dienone is 2. The number of aliphatic carboxylic acids is 1. The molecule has 4 nitrogen and oxygen atoms in total. The number of carbonyl (C=O) groups is 2. The summed E-state index contributed by atoms with van der Waals surface area (Å²) in [5, 5.41) is 9.02. The van der Waals surface area contributed by atoms with Crippen LogP contribution in [0, 0.1) is 5.92 Å². The van der Waals surface area contributed by atoms with Gasteiger partial charge in [-0.15, -0.1) is 0 Å². The van der Waals surface area contributed by atoms with E-state index < -0.39 is 17.9 Å². The van der Waals surface area contributed by atoms with Crippen molar-refractivity contribution in [1.29, 1.82) is 0 Å². The summed E-state index contributed by atoms with van der Waals surface area (Å²) in [5.74, 6) is -1.91. The smallest absolute Gasteiger partial charge is 0.309 e. The first-order valence-electron chi connectivity index (χ1n) is 17.3. The Morgan fingerprint density at radius 1 is 0.625 bits per heavy atom. The molecule has 0 spiro atoms. The Balaban J connectivity index is 3.36. The minimum absolute atomic E-state index is 0.140. The second-order valence-corrected chi connectivity index (χ2v) is 11.8. The van der Waals surface area contributed by atoms with Crippen molar-refractivity contribution >= 4 is 11.9 Å². The molecule has 0 fully saturated rings. The molecule has 1 atom stereocenters. The van der Waals surface area contributed by atoms with Crippen molar-refractivity contribution in [2.45, 2.75) is 180 Å². The minimum atomic E-state index is -0.948. The summed E-state index contributed by atoms with van der Waals surface area (Å²) >= 11 is 0. The molecule has 40 heavy (non-hydrogen) atoms. The van der Waals surface area contributed by atoms with E-state index in [1.807, 2.05) is 0 Å². The van der Waals surface area contributed by atoms with Crippen LogP contribution in [0.3, 0.4) is 0 Å². The van der Waals surface area contributed by atoms with Crippen LogP contribution in [0.1, 0.15) is 180 Å². The average Bonchev–Trinajstić information content (AvgIpc) is 2.94. The summed E-state index contributed by atoms with van der Waals surface area (Å²) in [6.07, 6.45) is 40.1. The van der Waals surface area contributed by atoms with E-state index in [9.17, 15) is 9.59 Å². The fourth-order valence-corrected chi connectivity index (χ4v) is 5.36. The standard InChI is InChI=1S/C36H66O4/c1-3-5-6-7-8-9-10-11-12-13-14-15-16-17-18-19-20-21-22-23-24-25-26-27-28-29-30-31-34(33-35(37)38)36(39)40-32-4-2/h4,24-25,34H,2-3,5-23,26-33H2,1H3,(H,37,38)/b25-24+. The second kappa shape index (κ2) is 31.9. The van der Waals surface area contributed by atoms with Gasteiger partial charge in [-0.1, -0.05) is 167 Å². The quantitative estimate of drug-likeness (QED) is 0.0503. The molecule has 0 radical (unpaired) electrons. The van der Waals surface area contributed by atoms with E-state index in [2.05, 4.69) is 25.7 Å². The molecule has 4 heteroatoms. The minimum Gasteiger partial charge on any atom is -0.481 e. The number of carbonyl (C=O) groups excluding carboxylic acids is 1. The molecule has 0 amide bonds. The number of ether oxygens (including phenoxy) is 1. The second-order valence-electron chi connectivity index (χ2n) is 11.8. The van der Waals surface area contributed by atoms with Crippen molar-refractivity contribution in [3.8, 4) is 0 Å². The molecular weight excluding hydrogens is 496 g/mol. The molecule has 0 rings (SSSR count). The van der Waals surface area contributed by atoms with Crippen LogP contribution in [0.2, 0.25) is 0 Å². The Labute approximate surface area is 248 Å². The van der Waals surface area contributed by atoms with Crippen LogP contribution in [0.4, 0.5) is 0 Å². The summed E-state index contributed by atoms with van der Waals surface area (Å²) in [7, 11) is 0. The van der Waals surface area contributed by atoms with E-state index in [0.29, 0.717) is 6.42 Å². The average molecular weight is 563 g/mol. The number of hydrogen-bond acceptors (Lipinski definition) is 3. The third-order valence-electron chi connectivity index (χ3n) is 7.91. The highest BCUT2D eigenvalue weighted by Gasteiger charge is 2.22. The lowest BCUT2D eigenvalue weighted by Gasteiger charge is -2.13. The SMILES string of the molecule is C=CCOC(=O)C(CCCCCC/C=C/CCCCCCCCCCCCCCCCCCCCC)CC(=O)O. The number of esters is 1. The monoisotopic (exact) mass is 562 g/mol. The molecular formula is C36H66O4. The maximum absolute atomic E-state index is 12.0. The van der Waals surface area contributed by atoms with Crippen LogP contribution in [0.5, 0.6) is 0 Å². The fraction of sp³-hybridized carbons (Fsp3) is 0.833. The Kier molecular flexibility index (Phi) is 30.7. The van der Waals surface area contributed by atoms with Crippen LogP contribution >= 0.6 is 0 Å². The van der Waals surface area contributed by atoms with E-state index in [0.717, 1.165) is 32.1 Å². The molecule has 0 aliphatic carbocycles. The topological polar surface area (TPSA) is 63.6 Å². The normalized spacial score (nSPS) is 12.1. The highest BCUT2D eigenvalue weighted by Crippen LogP contribution is 2.18. The number of rotatable bonds is 32. The third kappa shape index (κ3) is 29.4. The van der Waals surface area contributed by atoms with E-state index in [1.54, 1.807) is 0 Å². The maximum atomic E-state index is 12.0. The molecule has 0 aromatic rings. The molecule has 1 unspecified atom stereocenters. The van der Waals surface area contributed by atoms with Gasteiger partial charge >= 0.3 is 11.9 Å². The lowest BCUT2D eigenvalue weighted by molar-refractivity contribution is -0.152. The molecule has 0 heterocycles. The Morgan fingerprint density at radius 3 is 1.38 bits per heavy atom. The van der Waals surface area contributed by atoms with Gasteiger partial charge < -0.3 is 9.84 Å². The summed E-state index contributed by atoms with van der Waals surface area (Å²) in [5.41, 5.74) is 0. The number of carboxylic acids is 1. The van der Waals surface area contributed by atoms with Gasteiger partial charge in [0.1, 0.15) is 6.61 Å². The molecule has 0 aliphatic heterocycles. The third-order valence-corrected chi connectivity index (χ3v) is 7.91. The van der Waals surface area contributed by atoms with Crippen LogP contribution < -0.4 is 0 Å². The number of carboxylic acid groups (broad SMARTS) is 1. The van der Waals surface area contributed by atoms with Gasteiger partial charge in [-0.2, -0.15) is 0 Å². The molecule has 1 N–H and O–H groups in total. The summed E-state index contributed by atoms with van der Waals surface area (Å²) < 4.78 is 5.04. The Morgan fingerprint density at radius 2 is 1.00 bits per heavy atom. The van der Waals surface area contributed by atoms with Gasteiger partial charge in [-0.05, 0) is 32.1 Å². The van der Waals surface area contributed by atoms with Gasteiger partial charge in [0.25, 0.3) is 0 Å². The van der Waals surface area contributed by atoms with Crippen molar-refractivity contribution in [1.82, 2.24) is 0 Å². The van der Waals surface area contributed by atoms with Crippen molar-refractivity contribution < 1.29 is 19.4 Å². The van der Waals surface area contributed by atoms with E-state index in [4.69, 9.17) is 9.84 Å². The van der Waals surface area contributed by atoms with Crippen LogP contribution in [-0.2, 0) is 14.3 Å².